The largest absolute Gasteiger partial charge is 0.493 e. The maximum Gasteiger partial charge on any atom is 0.332 e. The van der Waals surface area contributed by atoms with Crippen molar-refractivity contribution in [2.24, 2.45) is 19.8 Å². The fourth-order valence-corrected chi connectivity index (χ4v) is 3.14. The van der Waals surface area contributed by atoms with Crippen LogP contribution in [0.25, 0.3) is 22.2 Å². The van der Waals surface area contributed by atoms with E-state index < -0.39 is 17.2 Å². The van der Waals surface area contributed by atoms with Gasteiger partial charge >= 0.3 is 5.69 Å². The molecule has 10 nitrogen and oxygen atoms in total. The van der Waals surface area contributed by atoms with Gasteiger partial charge in [-0.3, -0.25) is 18.7 Å². The van der Waals surface area contributed by atoms with Gasteiger partial charge in [0, 0.05) is 19.7 Å². The number of ether oxygens (including phenoxy) is 2. The molecule has 0 aliphatic heterocycles. The van der Waals surface area contributed by atoms with E-state index in [0.29, 0.717) is 17.1 Å². The molecule has 0 fully saturated rings. The highest BCUT2D eigenvalue weighted by Crippen LogP contribution is 2.37. The number of aromatic nitrogens is 3. The van der Waals surface area contributed by atoms with Crippen LogP contribution in [0, 0.1) is 0 Å². The van der Waals surface area contributed by atoms with Crippen LogP contribution >= 0.6 is 0 Å². The van der Waals surface area contributed by atoms with Crippen molar-refractivity contribution in [2.75, 3.05) is 20.0 Å². The van der Waals surface area contributed by atoms with Crippen LogP contribution in [0.15, 0.2) is 27.8 Å². The zero-order chi connectivity index (χ0) is 20.7. The SMILES string of the molecule is COc1ccc(-c2c(C(N)=O)c(N)nc3c2c(=O)n(C)c(=O)n3C)cc1OC. The maximum atomic E-state index is 12.9. The van der Waals surface area contributed by atoms with Crippen LogP contribution in [0.3, 0.4) is 0 Å². The number of anilines is 1. The first-order chi connectivity index (χ1) is 13.2. The lowest BCUT2D eigenvalue weighted by molar-refractivity contribution is 0.100. The molecule has 0 bridgehead atoms. The summed E-state index contributed by atoms with van der Waals surface area (Å²) in [6.07, 6.45) is 0. The third-order valence-corrected chi connectivity index (χ3v) is 4.53. The number of amides is 1. The second-order valence-corrected chi connectivity index (χ2v) is 6.09. The van der Waals surface area contributed by atoms with Gasteiger partial charge < -0.3 is 20.9 Å². The van der Waals surface area contributed by atoms with Gasteiger partial charge in [0.1, 0.15) is 5.82 Å². The molecule has 146 valence electrons. The van der Waals surface area contributed by atoms with Gasteiger partial charge in [-0.2, -0.15) is 0 Å². The van der Waals surface area contributed by atoms with Crippen molar-refractivity contribution in [3.05, 3.63) is 44.6 Å². The van der Waals surface area contributed by atoms with Crippen molar-refractivity contribution in [3.63, 3.8) is 0 Å². The van der Waals surface area contributed by atoms with Crippen molar-refractivity contribution in [1.82, 2.24) is 14.1 Å². The molecule has 2 aromatic heterocycles. The molecule has 2 heterocycles. The quantitative estimate of drug-likeness (QED) is 0.643. The number of nitrogens with zero attached hydrogens (tertiary/aromatic N) is 3. The van der Waals surface area contributed by atoms with E-state index in [1.165, 1.54) is 32.9 Å². The number of primary amides is 1. The highest BCUT2D eigenvalue weighted by atomic mass is 16.5. The van der Waals surface area contributed by atoms with Crippen LogP contribution in [0.2, 0.25) is 0 Å². The molecule has 0 radical (unpaired) electrons. The first kappa shape index (κ1) is 19.0. The normalized spacial score (nSPS) is 10.9. The molecule has 1 amide bonds. The molecular formula is C18H19N5O5. The predicted molar refractivity (Wildman–Crippen MR) is 104 cm³/mol. The maximum absolute atomic E-state index is 12.9. The summed E-state index contributed by atoms with van der Waals surface area (Å²) in [4.78, 5) is 41.4. The topological polar surface area (TPSA) is 144 Å². The summed E-state index contributed by atoms with van der Waals surface area (Å²) in [5.74, 6) is -0.209. The molecule has 10 heteroatoms. The number of fused-ring (bicyclic) bond motifs is 1. The summed E-state index contributed by atoms with van der Waals surface area (Å²) < 4.78 is 12.6. The minimum absolute atomic E-state index is 0.0415. The Morgan fingerprint density at radius 3 is 2.29 bits per heavy atom. The minimum Gasteiger partial charge on any atom is -0.493 e. The Bertz CT molecular complexity index is 1240. The van der Waals surface area contributed by atoms with Crippen LogP contribution in [0.5, 0.6) is 11.5 Å². The van der Waals surface area contributed by atoms with Crippen molar-refractivity contribution in [2.45, 2.75) is 0 Å². The summed E-state index contributed by atoms with van der Waals surface area (Å²) in [6, 6.07) is 4.84. The van der Waals surface area contributed by atoms with E-state index in [0.717, 1.165) is 4.57 Å². The molecule has 0 saturated carbocycles. The van der Waals surface area contributed by atoms with Crippen molar-refractivity contribution < 1.29 is 14.3 Å². The van der Waals surface area contributed by atoms with Crippen molar-refractivity contribution in [3.8, 4) is 22.6 Å². The van der Waals surface area contributed by atoms with Crippen molar-refractivity contribution >= 4 is 22.8 Å². The van der Waals surface area contributed by atoms with E-state index >= 15 is 0 Å². The number of hydrogen-bond acceptors (Lipinski definition) is 7. The van der Waals surface area contributed by atoms with E-state index in [1.54, 1.807) is 18.2 Å². The van der Waals surface area contributed by atoms with Gasteiger partial charge in [-0.25, -0.2) is 9.78 Å². The molecule has 28 heavy (non-hydrogen) atoms. The van der Waals surface area contributed by atoms with Gasteiger partial charge in [-0.05, 0) is 17.7 Å². The minimum atomic E-state index is -0.854. The second-order valence-electron chi connectivity index (χ2n) is 6.09. The Kier molecular flexibility index (Phi) is 4.55. The van der Waals surface area contributed by atoms with Crippen LogP contribution < -0.4 is 32.2 Å². The van der Waals surface area contributed by atoms with Gasteiger partial charge in [0.25, 0.3) is 11.5 Å². The summed E-state index contributed by atoms with van der Waals surface area (Å²) in [6.45, 7) is 0. The Morgan fingerprint density at radius 1 is 1.07 bits per heavy atom. The fourth-order valence-electron chi connectivity index (χ4n) is 3.14. The first-order valence-electron chi connectivity index (χ1n) is 8.14. The van der Waals surface area contributed by atoms with Gasteiger partial charge in [-0.15, -0.1) is 0 Å². The van der Waals surface area contributed by atoms with E-state index in [4.69, 9.17) is 20.9 Å². The predicted octanol–water partition coefficient (Wildman–Crippen LogP) is -0.00250. The van der Waals surface area contributed by atoms with Crippen LogP contribution in [-0.2, 0) is 14.1 Å². The van der Waals surface area contributed by atoms with Crippen LogP contribution in [-0.4, -0.2) is 34.2 Å². The third-order valence-electron chi connectivity index (χ3n) is 4.53. The molecule has 3 aromatic rings. The molecule has 4 N–H and O–H groups in total. The zero-order valence-electron chi connectivity index (χ0n) is 15.8. The fraction of sp³-hybridized carbons (Fsp3) is 0.222. The summed E-state index contributed by atoms with van der Waals surface area (Å²) in [7, 11) is 5.73. The number of rotatable bonds is 4. The van der Waals surface area contributed by atoms with Crippen LogP contribution in [0.4, 0.5) is 5.82 Å². The van der Waals surface area contributed by atoms with E-state index in [9.17, 15) is 14.4 Å². The van der Waals surface area contributed by atoms with Crippen molar-refractivity contribution in [1.29, 1.82) is 0 Å². The van der Waals surface area contributed by atoms with Gasteiger partial charge in [-0.1, -0.05) is 6.07 Å². The molecule has 0 aliphatic rings. The Hall–Kier alpha value is -3.82. The molecule has 0 unspecified atom stereocenters. The molecule has 0 atom stereocenters. The number of aryl methyl sites for hydroxylation is 1. The molecule has 1 aromatic carbocycles. The highest BCUT2D eigenvalue weighted by molar-refractivity contribution is 6.11. The monoisotopic (exact) mass is 385 g/mol. The Labute approximate surface area is 158 Å². The summed E-state index contributed by atoms with van der Waals surface area (Å²) >= 11 is 0. The molecule has 0 saturated heterocycles. The lowest BCUT2D eigenvalue weighted by Crippen LogP contribution is -2.38. The third kappa shape index (κ3) is 2.66. The number of benzene rings is 1. The number of pyridine rings is 1. The van der Waals surface area contributed by atoms with Gasteiger partial charge in [0.15, 0.2) is 17.1 Å². The van der Waals surface area contributed by atoms with E-state index in [1.807, 2.05) is 0 Å². The number of carbonyl (C=O) groups is 1. The molecule has 0 spiro atoms. The summed E-state index contributed by atoms with van der Waals surface area (Å²) in [5.41, 5.74) is 10.8. The second kappa shape index (κ2) is 6.72. The lowest BCUT2D eigenvalue weighted by Gasteiger charge is -2.16. The average molecular weight is 385 g/mol. The zero-order valence-corrected chi connectivity index (χ0v) is 15.8. The van der Waals surface area contributed by atoms with Gasteiger partial charge in [0.2, 0.25) is 0 Å². The number of carbonyl (C=O) groups excluding carboxylic acids is 1. The molecular weight excluding hydrogens is 366 g/mol. The molecule has 0 aliphatic carbocycles. The average Bonchev–Trinajstić information content (AvgIpc) is 2.68. The highest BCUT2D eigenvalue weighted by Gasteiger charge is 2.24. The standard InChI is InChI=1S/C18H19N5O5/c1-22-16-13(17(25)23(2)18(22)26)11(12(15(20)24)14(19)21-16)8-5-6-9(27-3)10(7-8)28-4/h5-7H,1-4H3,(H2,19,21)(H2,20,24). The lowest BCUT2D eigenvalue weighted by atomic mass is 9.96. The molecule has 3 rings (SSSR count). The van der Waals surface area contributed by atoms with Gasteiger partial charge in [0.05, 0.1) is 25.2 Å². The van der Waals surface area contributed by atoms with E-state index in [-0.39, 0.29) is 28.0 Å². The smallest absolute Gasteiger partial charge is 0.332 e. The van der Waals surface area contributed by atoms with Crippen LogP contribution in [0.1, 0.15) is 10.4 Å². The first-order valence-corrected chi connectivity index (χ1v) is 8.14. The number of methoxy groups -OCH3 is 2. The number of hydrogen-bond donors (Lipinski definition) is 2. The summed E-state index contributed by atoms with van der Waals surface area (Å²) in [5, 5.41) is 0.0415. The number of nitrogens with two attached hydrogens (primary N) is 2. The van der Waals surface area contributed by atoms with E-state index in [2.05, 4.69) is 4.98 Å². The number of nitrogen functional groups attached to an aromatic ring is 1. The Balaban J connectivity index is 2.61. The Morgan fingerprint density at radius 2 is 1.71 bits per heavy atom.